The second-order valence-corrected chi connectivity index (χ2v) is 5.38. The number of hydrogen-bond acceptors (Lipinski definition) is 1. The molecule has 0 aromatic heterocycles. The van der Waals surface area contributed by atoms with Crippen LogP contribution in [0.3, 0.4) is 0 Å². The summed E-state index contributed by atoms with van der Waals surface area (Å²) in [7, 11) is 0. The molecule has 0 aliphatic heterocycles. The fourth-order valence-electron chi connectivity index (χ4n) is 2.01. The van der Waals surface area contributed by atoms with Crippen LogP contribution in [-0.2, 0) is 6.42 Å². The minimum atomic E-state index is -0.320. The van der Waals surface area contributed by atoms with Gasteiger partial charge in [-0.3, -0.25) is 0 Å². The molecular formula is C15H15BrFN. The summed E-state index contributed by atoms with van der Waals surface area (Å²) < 4.78 is 14.5. The van der Waals surface area contributed by atoms with Crippen LogP contribution in [0.15, 0.2) is 46.9 Å². The molecule has 18 heavy (non-hydrogen) atoms. The van der Waals surface area contributed by atoms with E-state index in [0.29, 0.717) is 12.0 Å². The van der Waals surface area contributed by atoms with Gasteiger partial charge in [0.15, 0.2) is 0 Å². The van der Waals surface area contributed by atoms with E-state index in [1.54, 1.807) is 6.07 Å². The molecule has 0 spiro atoms. The predicted molar refractivity (Wildman–Crippen MR) is 75.9 cm³/mol. The highest BCUT2D eigenvalue weighted by atomic mass is 79.9. The zero-order chi connectivity index (χ0) is 13.1. The first-order valence-electron chi connectivity index (χ1n) is 5.82. The van der Waals surface area contributed by atoms with Crippen molar-refractivity contribution in [2.75, 3.05) is 0 Å². The summed E-state index contributed by atoms with van der Waals surface area (Å²) in [6.45, 7) is 2.04. The van der Waals surface area contributed by atoms with Gasteiger partial charge < -0.3 is 5.73 Å². The van der Waals surface area contributed by atoms with Crippen LogP contribution in [-0.4, -0.2) is 0 Å². The molecule has 0 heterocycles. The minimum Gasteiger partial charge on any atom is -0.324 e. The average Bonchev–Trinajstić information content (AvgIpc) is 2.28. The molecule has 0 bridgehead atoms. The quantitative estimate of drug-likeness (QED) is 0.906. The number of hydrogen-bond donors (Lipinski definition) is 1. The summed E-state index contributed by atoms with van der Waals surface area (Å²) >= 11 is 3.24. The summed E-state index contributed by atoms with van der Waals surface area (Å²) in [5.41, 5.74) is 8.95. The fourth-order valence-corrected chi connectivity index (χ4v) is 2.34. The average molecular weight is 308 g/mol. The van der Waals surface area contributed by atoms with E-state index in [-0.39, 0.29) is 11.9 Å². The minimum absolute atomic E-state index is 0.260. The van der Waals surface area contributed by atoms with Crippen LogP contribution in [0.2, 0.25) is 0 Å². The molecule has 1 nitrogen and oxygen atoms in total. The Morgan fingerprint density at radius 1 is 1.22 bits per heavy atom. The summed E-state index contributed by atoms with van der Waals surface area (Å²) in [4.78, 5) is 0. The Hall–Kier alpha value is -1.19. The van der Waals surface area contributed by atoms with Crippen molar-refractivity contribution in [1.29, 1.82) is 0 Å². The standard InChI is InChI=1S/C15H15BrFN/c1-10-3-2-4-11(7-10)8-15(18)13-6-5-12(16)9-14(13)17/h2-7,9,15H,8,18H2,1H3. The number of halogens is 2. The molecular weight excluding hydrogens is 293 g/mol. The first-order chi connectivity index (χ1) is 8.56. The van der Waals surface area contributed by atoms with Gasteiger partial charge in [-0.05, 0) is 31.0 Å². The fraction of sp³-hybridized carbons (Fsp3) is 0.200. The van der Waals surface area contributed by atoms with Crippen LogP contribution in [0.4, 0.5) is 4.39 Å². The SMILES string of the molecule is Cc1cccc(CC(N)c2ccc(Br)cc2F)c1. The number of benzene rings is 2. The molecule has 1 unspecified atom stereocenters. The monoisotopic (exact) mass is 307 g/mol. The Balaban J connectivity index is 2.19. The molecule has 2 N–H and O–H groups in total. The third-order valence-corrected chi connectivity index (χ3v) is 3.39. The maximum atomic E-state index is 13.8. The second-order valence-electron chi connectivity index (χ2n) is 4.47. The Morgan fingerprint density at radius 2 is 2.00 bits per heavy atom. The zero-order valence-electron chi connectivity index (χ0n) is 10.2. The van der Waals surface area contributed by atoms with Crippen molar-refractivity contribution in [2.45, 2.75) is 19.4 Å². The van der Waals surface area contributed by atoms with E-state index >= 15 is 0 Å². The molecule has 2 rings (SSSR count). The lowest BCUT2D eigenvalue weighted by atomic mass is 9.98. The molecule has 1 atom stereocenters. The third kappa shape index (κ3) is 3.18. The molecule has 2 aromatic carbocycles. The molecule has 0 fully saturated rings. The van der Waals surface area contributed by atoms with Crippen molar-refractivity contribution in [1.82, 2.24) is 0 Å². The number of nitrogens with two attached hydrogens (primary N) is 1. The van der Waals surface area contributed by atoms with Gasteiger partial charge in [0.25, 0.3) is 0 Å². The molecule has 0 aliphatic carbocycles. The topological polar surface area (TPSA) is 26.0 Å². The maximum absolute atomic E-state index is 13.8. The maximum Gasteiger partial charge on any atom is 0.129 e. The van der Waals surface area contributed by atoms with Crippen molar-refractivity contribution < 1.29 is 4.39 Å². The van der Waals surface area contributed by atoms with Gasteiger partial charge in [-0.25, -0.2) is 4.39 Å². The van der Waals surface area contributed by atoms with Crippen LogP contribution in [0.5, 0.6) is 0 Å². The van der Waals surface area contributed by atoms with Gasteiger partial charge in [0.05, 0.1) is 0 Å². The van der Waals surface area contributed by atoms with E-state index in [0.717, 1.165) is 10.0 Å². The van der Waals surface area contributed by atoms with Crippen LogP contribution < -0.4 is 5.73 Å². The highest BCUT2D eigenvalue weighted by Crippen LogP contribution is 2.22. The summed E-state index contributed by atoms with van der Waals surface area (Å²) in [6.07, 6.45) is 0.639. The van der Waals surface area contributed by atoms with Gasteiger partial charge in [-0.15, -0.1) is 0 Å². The molecule has 0 amide bonds. The van der Waals surface area contributed by atoms with E-state index in [9.17, 15) is 4.39 Å². The Bertz CT molecular complexity index is 554. The smallest absolute Gasteiger partial charge is 0.129 e. The van der Waals surface area contributed by atoms with Gasteiger partial charge in [0.1, 0.15) is 5.82 Å². The first kappa shape index (κ1) is 13.2. The highest BCUT2D eigenvalue weighted by molar-refractivity contribution is 9.10. The molecule has 0 aliphatic rings. The summed E-state index contributed by atoms with van der Waals surface area (Å²) in [5.74, 6) is -0.260. The number of rotatable bonds is 3. The van der Waals surface area contributed by atoms with Crippen molar-refractivity contribution in [3.8, 4) is 0 Å². The largest absolute Gasteiger partial charge is 0.324 e. The van der Waals surface area contributed by atoms with Crippen molar-refractivity contribution >= 4 is 15.9 Å². The van der Waals surface area contributed by atoms with Crippen LogP contribution in [0.1, 0.15) is 22.7 Å². The van der Waals surface area contributed by atoms with E-state index in [4.69, 9.17) is 5.73 Å². The normalized spacial score (nSPS) is 12.4. The van der Waals surface area contributed by atoms with Gasteiger partial charge in [0, 0.05) is 16.1 Å². The zero-order valence-corrected chi connectivity index (χ0v) is 11.7. The Labute approximate surface area is 115 Å². The molecule has 0 radical (unpaired) electrons. The van der Waals surface area contributed by atoms with Gasteiger partial charge in [-0.2, -0.15) is 0 Å². The molecule has 2 aromatic rings. The molecule has 0 saturated carbocycles. The van der Waals surface area contributed by atoms with E-state index in [1.165, 1.54) is 11.6 Å². The van der Waals surface area contributed by atoms with Crippen molar-refractivity contribution in [2.24, 2.45) is 5.73 Å². The third-order valence-electron chi connectivity index (χ3n) is 2.90. The second kappa shape index (κ2) is 5.63. The molecule has 3 heteroatoms. The lowest BCUT2D eigenvalue weighted by Gasteiger charge is -2.13. The number of aryl methyl sites for hydroxylation is 1. The summed E-state index contributed by atoms with van der Waals surface area (Å²) in [5, 5.41) is 0. The van der Waals surface area contributed by atoms with Crippen LogP contribution >= 0.6 is 15.9 Å². The summed E-state index contributed by atoms with van der Waals surface area (Å²) in [6, 6.07) is 12.8. The lowest BCUT2D eigenvalue weighted by molar-refractivity contribution is 0.579. The van der Waals surface area contributed by atoms with Crippen LogP contribution in [0, 0.1) is 12.7 Å². The van der Waals surface area contributed by atoms with Gasteiger partial charge in [-0.1, -0.05) is 51.8 Å². The molecule has 0 saturated heterocycles. The Morgan fingerprint density at radius 3 is 2.67 bits per heavy atom. The van der Waals surface area contributed by atoms with Gasteiger partial charge >= 0.3 is 0 Å². The lowest BCUT2D eigenvalue weighted by Crippen LogP contribution is -2.15. The molecule has 94 valence electrons. The van der Waals surface area contributed by atoms with Crippen molar-refractivity contribution in [3.05, 3.63) is 69.4 Å². The Kier molecular flexibility index (Phi) is 4.15. The highest BCUT2D eigenvalue weighted by Gasteiger charge is 2.12. The predicted octanol–water partition coefficient (Wildman–Crippen LogP) is 4.14. The van der Waals surface area contributed by atoms with E-state index < -0.39 is 0 Å². The van der Waals surface area contributed by atoms with E-state index in [2.05, 4.69) is 22.0 Å². The first-order valence-corrected chi connectivity index (χ1v) is 6.61. The van der Waals surface area contributed by atoms with E-state index in [1.807, 2.05) is 31.2 Å². The van der Waals surface area contributed by atoms with Gasteiger partial charge in [0.2, 0.25) is 0 Å². The van der Waals surface area contributed by atoms with Crippen molar-refractivity contribution in [3.63, 3.8) is 0 Å². The van der Waals surface area contributed by atoms with Crippen LogP contribution in [0.25, 0.3) is 0 Å².